The Morgan fingerprint density at radius 1 is 1.25 bits per heavy atom. The summed E-state index contributed by atoms with van der Waals surface area (Å²) in [6.45, 7) is 1.09. The summed E-state index contributed by atoms with van der Waals surface area (Å²) in [7, 11) is 0. The predicted octanol–water partition coefficient (Wildman–Crippen LogP) is 2.97. The van der Waals surface area contributed by atoms with E-state index in [0.717, 1.165) is 29.2 Å². The third-order valence-electron chi connectivity index (χ3n) is 3.13. The van der Waals surface area contributed by atoms with Crippen molar-refractivity contribution >= 4 is 15.9 Å². The molecule has 0 saturated heterocycles. The van der Waals surface area contributed by atoms with E-state index in [9.17, 15) is 0 Å². The summed E-state index contributed by atoms with van der Waals surface area (Å²) in [4.78, 5) is 0. The minimum absolute atomic E-state index is 0.310. The molecule has 2 aliphatic rings. The first kappa shape index (κ1) is 10.3. The lowest BCUT2D eigenvalue weighted by Crippen LogP contribution is -2.14. The zero-order valence-corrected chi connectivity index (χ0v) is 10.5. The summed E-state index contributed by atoms with van der Waals surface area (Å²) < 4.78 is 16.3. The average Bonchev–Trinajstić information content (AvgIpc) is 2.96. The van der Waals surface area contributed by atoms with Crippen LogP contribution in [-0.2, 0) is 0 Å². The van der Waals surface area contributed by atoms with Crippen molar-refractivity contribution in [1.82, 2.24) is 0 Å². The predicted molar refractivity (Wildman–Crippen MR) is 63.5 cm³/mol. The van der Waals surface area contributed by atoms with Crippen LogP contribution in [0.25, 0.3) is 0 Å². The summed E-state index contributed by atoms with van der Waals surface area (Å²) in [6, 6.07) is 5.72. The molecule has 0 amide bonds. The maximum atomic E-state index is 5.78. The zero-order valence-electron chi connectivity index (χ0n) is 8.87. The Morgan fingerprint density at radius 3 is 2.81 bits per heavy atom. The molecule has 0 N–H and O–H groups in total. The number of fused-ring (bicyclic) bond motifs is 1. The van der Waals surface area contributed by atoms with Crippen LogP contribution in [0.4, 0.5) is 0 Å². The molecule has 3 nitrogen and oxygen atoms in total. The van der Waals surface area contributed by atoms with Gasteiger partial charge in [-0.2, -0.15) is 0 Å². The normalized spacial score (nSPS) is 19.6. The first-order valence-corrected chi connectivity index (χ1v) is 6.52. The van der Waals surface area contributed by atoms with Crippen LogP contribution >= 0.6 is 15.9 Å². The van der Waals surface area contributed by atoms with Gasteiger partial charge in [-0.1, -0.05) is 15.9 Å². The fraction of sp³-hybridized carbons (Fsp3) is 0.500. The highest BCUT2D eigenvalue weighted by Gasteiger charge is 2.42. The minimum atomic E-state index is 0.310. The van der Waals surface area contributed by atoms with Crippen molar-refractivity contribution in [2.45, 2.75) is 12.8 Å². The van der Waals surface area contributed by atoms with Crippen LogP contribution in [0.5, 0.6) is 17.2 Å². The van der Waals surface area contributed by atoms with Crippen LogP contribution < -0.4 is 14.2 Å². The van der Waals surface area contributed by atoms with E-state index in [2.05, 4.69) is 15.9 Å². The highest BCUT2D eigenvalue weighted by Crippen LogP contribution is 2.47. The Hall–Kier alpha value is -0.900. The molecule has 16 heavy (non-hydrogen) atoms. The second-order valence-corrected chi connectivity index (χ2v) is 5.00. The molecule has 1 heterocycles. The van der Waals surface area contributed by atoms with Crippen molar-refractivity contribution in [1.29, 1.82) is 0 Å². The van der Waals surface area contributed by atoms with Crippen molar-refractivity contribution in [2.75, 3.05) is 18.7 Å². The van der Waals surface area contributed by atoms with Crippen molar-refractivity contribution in [3.63, 3.8) is 0 Å². The summed E-state index contributed by atoms with van der Waals surface area (Å²) in [5.74, 6) is 2.44. The lowest BCUT2D eigenvalue weighted by atomic mass is 10.2. The van der Waals surface area contributed by atoms with E-state index in [1.165, 1.54) is 12.8 Å². The molecule has 1 saturated carbocycles. The van der Waals surface area contributed by atoms with Gasteiger partial charge in [0.1, 0.15) is 5.75 Å². The van der Waals surface area contributed by atoms with Gasteiger partial charge in [-0.15, -0.1) is 0 Å². The third kappa shape index (κ3) is 1.86. The largest absolute Gasteiger partial charge is 0.493 e. The smallest absolute Gasteiger partial charge is 0.231 e. The van der Waals surface area contributed by atoms with Gasteiger partial charge < -0.3 is 14.2 Å². The van der Waals surface area contributed by atoms with E-state index in [0.29, 0.717) is 12.2 Å². The van der Waals surface area contributed by atoms with E-state index < -0.39 is 0 Å². The van der Waals surface area contributed by atoms with Gasteiger partial charge in [0.2, 0.25) is 6.79 Å². The quantitative estimate of drug-likeness (QED) is 0.796. The van der Waals surface area contributed by atoms with E-state index in [1.807, 2.05) is 18.2 Å². The number of alkyl halides is 1. The fourth-order valence-electron chi connectivity index (χ4n) is 1.70. The molecule has 4 heteroatoms. The van der Waals surface area contributed by atoms with Gasteiger partial charge in [-0.3, -0.25) is 0 Å². The molecule has 1 aromatic carbocycles. The Bertz CT molecular complexity index is 401. The summed E-state index contributed by atoms with van der Waals surface area (Å²) in [6.07, 6.45) is 2.51. The average molecular weight is 285 g/mol. The van der Waals surface area contributed by atoms with Gasteiger partial charge >= 0.3 is 0 Å². The van der Waals surface area contributed by atoms with Gasteiger partial charge in [0.05, 0.1) is 6.61 Å². The molecule has 1 aromatic rings. The molecule has 1 fully saturated rings. The summed E-state index contributed by atoms with van der Waals surface area (Å²) in [5.41, 5.74) is 0.371. The molecule has 3 rings (SSSR count). The van der Waals surface area contributed by atoms with Crippen molar-refractivity contribution in [3.8, 4) is 17.2 Å². The zero-order chi connectivity index (χ0) is 11.0. The number of hydrogen-bond acceptors (Lipinski definition) is 3. The van der Waals surface area contributed by atoms with Crippen molar-refractivity contribution in [3.05, 3.63) is 18.2 Å². The first-order valence-electron chi connectivity index (χ1n) is 5.40. The minimum Gasteiger partial charge on any atom is -0.493 e. The van der Waals surface area contributed by atoms with E-state index in [1.54, 1.807) is 0 Å². The number of halogens is 1. The van der Waals surface area contributed by atoms with E-state index in [4.69, 9.17) is 14.2 Å². The van der Waals surface area contributed by atoms with E-state index in [-0.39, 0.29) is 0 Å². The molecular formula is C12H13BrO3. The fourth-order valence-corrected chi connectivity index (χ4v) is 2.42. The van der Waals surface area contributed by atoms with Gasteiger partial charge in [0.15, 0.2) is 11.5 Å². The van der Waals surface area contributed by atoms with Crippen LogP contribution in [0.3, 0.4) is 0 Å². The molecule has 1 aliphatic heterocycles. The maximum Gasteiger partial charge on any atom is 0.231 e. The molecule has 0 radical (unpaired) electrons. The molecule has 86 valence electrons. The Kier molecular flexibility index (Phi) is 2.46. The van der Waals surface area contributed by atoms with Crippen LogP contribution in [0.15, 0.2) is 18.2 Å². The lowest BCUT2D eigenvalue weighted by Gasteiger charge is -2.13. The molecule has 1 aliphatic carbocycles. The molecule has 0 unspecified atom stereocenters. The van der Waals surface area contributed by atoms with Crippen LogP contribution in [0.2, 0.25) is 0 Å². The van der Waals surface area contributed by atoms with Crippen LogP contribution in [0, 0.1) is 5.41 Å². The second-order valence-electron chi connectivity index (χ2n) is 4.44. The lowest BCUT2D eigenvalue weighted by molar-refractivity contribution is 0.173. The molecule has 0 atom stereocenters. The number of hydrogen-bond donors (Lipinski definition) is 0. The van der Waals surface area contributed by atoms with Gasteiger partial charge in [-0.25, -0.2) is 0 Å². The Morgan fingerprint density at radius 2 is 2.06 bits per heavy atom. The standard InChI is InChI=1S/C12H13BrO3/c13-6-12(3-4-12)7-14-9-1-2-10-11(5-9)16-8-15-10/h1-2,5H,3-4,6-8H2. The SMILES string of the molecule is BrCC1(COc2ccc3c(c2)OCO3)CC1. The van der Waals surface area contributed by atoms with Gasteiger partial charge in [-0.05, 0) is 25.0 Å². The molecule has 0 aromatic heterocycles. The maximum absolute atomic E-state index is 5.78. The molecule has 0 spiro atoms. The summed E-state index contributed by atoms with van der Waals surface area (Å²) in [5, 5.41) is 1.02. The molecule has 0 bridgehead atoms. The number of ether oxygens (including phenoxy) is 3. The van der Waals surface area contributed by atoms with E-state index >= 15 is 0 Å². The molecular weight excluding hydrogens is 272 g/mol. The van der Waals surface area contributed by atoms with Gasteiger partial charge in [0.25, 0.3) is 0 Å². The van der Waals surface area contributed by atoms with Crippen molar-refractivity contribution in [2.24, 2.45) is 5.41 Å². The topological polar surface area (TPSA) is 27.7 Å². The highest BCUT2D eigenvalue weighted by atomic mass is 79.9. The Labute approximate surface area is 103 Å². The number of benzene rings is 1. The van der Waals surface area contributed by atoms with Crippen molar-refractivity contribution < 1.29 is 14.2 Å². The number of rotatable bonds is 4. The van der Waals surface area contributed by atoms with Crippen LogP contribution in [-0.4, -0.2) is 18.7 Å². The summed E-state index contributed by atoms with van der Waals surface area (Å²) >= 11 is 3.53. The third-order valence-corrected chi connectivity index (χ3v) is 4.32. The Balaban J connectivity index is 1.66. The monoisotopic (exact) mass is 284 g/mol. The van der Waals surface area contributed by atoms with Gasteiger partial charge in [0, 0.05) is 16.8 Å². The van der Waals surface area contributed by atoms with Crippen LogP contribution in [0.1, 0.15) is 12.8 Å². The second kappa shape index (κ2) is 3.84. The first-order chi connectivity index (χ1) is 7.81. The highest BCUT2D eigenvalue weighted by molar-refractivity contribution is 9.09.